The van der Waals surface area contributed by atoms with Gasteiger partial charge in [-0.25, -0.2) is 0 Å². The molecule has 1 atom stereocenters. The molecular formula is C13H25N3S. The lowest BCUT2D eigenvalue weighted by atomic mass is 9.88. The molecule has 4 heteroatoms. The maximum absolute atomic E-state index is 4.12. The van der Waals surface area contributed by atoms with Crippen molar-refractivity contribution in [2.45, 2.75) is 59.9 Å². The molecule has 0 fully saturated rings. The lowest BCUT2D eigenvalue weighted by Gasteiger charge is -2.23. The summed E-state index contributed by atoms with van der Waals surface area (Å²) in [5, 5.41) is 7.73. The molecule has 0 aliphatic heterocycles. The lowest BCUT2D eigenvalue weighted by Crippen LogP contribution is -2.23. The van der Waals surface area contributed by atoms with Crippen LogP contribution in [0.4, 0.5) is 0 Å². The molecule has 1 unspecified atom stereocenters. The number of aromatic nitrogens is 2. The van der Waals surface area contributed by atoms with Crippen molar-refractivity contribution in [3.8, 4) is 0 Å². The normalized spacial score (nSPS) is 13.9. The van der Waals surface area contributed by atoms with Gasteiger partial charge in [-0.15, -0.1) is 5.10 Å². The molecule has 17 heavy (non-hydrogen) atoms. The molecule has 1 aromatic heterocycles. The van der Waals surface area contributed by atoms with Gasteiger partial charge in [-0.3, -0.25) is 0 Å². The van der Waals surface area contributed by atoms with E-state index in [0.717, 1.165) is 25.1 Å². The van der Waals surface area contributed by atoms with Crippen LogP contribution in [0.1, 0.15) is 63.6 Å². The van der Waals surface area contributed by atoms with Gasteiger partial charge in [0.15, 0.2) is 0 Å². The quantitative estimate of drug-likeness (QED) is 0.842. The second kappa shape index (κ2) is 6.45. The van der Waals surface area contributed by atoms with Gasteiger partial charge in [0.2, 0.25) is 0 Å². The molecule has 0 amide bonds. The van der Waals surface area contributed by atoms with Crippen LogP contribution in [0.2, 0.25) is 0 Å². The third-order valence-corrected chi connectivity index (χ3v) is 3.77. The van der Waals surface area contributed by atoms with E-state index >= 15 is 0 Å². The zero-order valence-electron chi connectivity index (χ0n) is 11.7. The van der Waals surface area contributed by atoms with Crippen LogP contribution in [-0.4, -0.2) is 16.1 Å². The molecule has 0 saturated heterocycles. The number of rotatable bonds is 6. The highest BCUT2D eigenvalue weighted by Gasteiger charge is 2.19. The van der Waals surface area contributed by atoms with E-state index in [1.54, 1.807) is 0 Å². The third kappa shape index (κ3) is 5.13. The minimum absolute atomic E-state index is 0.387. The molecule has 0 radical (unpaired) electrons. The predicted octanol–water partition coefficient (Wildman–Crippen LogP) is 3.71. The number of aryl methyl sites for hydroxylation is 1. The molecular weight excluding hydrogens is 230 g/mol. The monoisotopic (exact) mass is 255 g/mol. The summed E-state index contributed by atoms with van der Waals surface area (Å²) in [6.07, 6.45) is 3.54. The maximum Gasteiger partial charge on any atom is 0.0772 e. The average molecular weight is 255 g/mol. The molecule has 1 heterocycles. The van der Waals surface area contributed by atoms with E-state index in [1.807, 2.05) is 0 Å². The van der Waals surface area contributed by atoms with Crippen molar-refractivity contribution in [2.75, 3.05) is 6.54 Å². The van der Waals surface area contributed by atoms with E-state index in [2.05, 4.69) is 49.5 Å². The zero-order valence-corrected chi connectivity index (χ0v) is 12.5. The molecule has 0 saturated carbocycles. The minimum atomic E-state index is 0.387. The van der Waals surface area contributed by atoms with Gasteiger partial charge in [0.25, 0.3) is 0 Å². The van der Waals surface area contributed by atoms with Gasteiger partial charge in [-0.1, -0.05) is 32.2 Å². The van der Waals surface area contributed by atoms with Crippen molar-refractivity contribution in [3.63, 3.8) is 0 Å². The molecule has 0 aromatic carbocycles. The minimum Gasteiger partial charge on any atom is -0.309 e. The summed E-state index contributed by atoms with van der Waals surface area (Å²) in [5.41, 5.74) is 1.47. The van der Waals surface area contributed by atoms with Gasteiger partial charge in [-0.2, -0.15) is 0 Å². The van der Waals surface area contributed by atoms with Gasteiger partial charge < -0.3 is 5.32 Å². The van der Waals surface area contributed by atoms with Gasteiger partial charge in [0.1, 0.15) is 0 Å². The van der Waals surface area contributed by atoms with Crippen molar-refractivity contribution in [3.05, 3.63) is 10.6 Å². The number of hydrogen-bond donors (Lipinski definition) is 1. The first-order valence-corrected chi connectivity index (χ1v) is 7.23. The van der Waals surface area contributed by atoms with Crippen molar-refractivity contribution >= 4 is 11.5 Å². The largest absolute Gasteiger partial charge is 0.309 e. The van der Waals surface area contributed by atoms with Crippen LogP contribution in [0.3, 0.4) is 0 Å². The Morgan fingerprint density at radius 2 is 2.06 bits per heavy atom. The fraction of sp³-hybridized carbons (Fsp3) is 0.846. The van der Waals surface area contributed by atoms with Crippen LogP contribution in [0.25, 0.3) is 0 Å². The molecule has 1 aromatic rings. The van der Waals surface area contributed by atoms with E-state index in [1.165, 1.54) is 22.8 Å². The Labute approximate surface area is 109 Å². The standard InChI is InChI=1S/C13H25N3S/c1-6-9-14-11(7-8-13(3,4)5)12-10(2)15-16-17-12/h11,14H,6-9H2,1-5H3. The van der Waals surface area contributed by atoms with Crippen molar-refractivity contribution in [1.82, 2.24) is 14.9 Å². The summed E-state index contributed by atoms with van der Waals surface area (Å²) < 4.78 is 4.05. The Balaban J connectivity index is 2.64. The first-order chi connectivity index (χ1) is 7.94. The molecule has 0 aliphatic rings. The molecule has 0 aliphatic carbocycles. The van der Waals surface area contributed by atoms with E-state index in [-0.39, 0.29) is 0 Å². The summed E-state index contributed by atoms with van der Waals surface area (Å²) >= 11 is 1.54. The van der Waals surface area contributed by atoms with Crippen LogP contribution < -0.4 is 5.32 Å². The zero-order chi connectivity index (χ0) is 12.9. The summed E-state index contributed by atoms with van der Waals surface area (Å²) in [5.74, 6) is 0. The van der Waals surface area contributed by atoms with Crippen LogP contribution >= 0.6 is 11.5 Å². The van der Waals surface area contributed by atoms with Crippen LogP contribution in [0.15, 0.2) is 0 Å². The Morgan fingerprint density at radius 3 is 2.53 bits per heavy atom. The van der Waals surface area contributed by atoms with Crippen molar-refractivity contribution in [1.29, 1.82) is 0 Å². The van der Waals surface area contributed by atoms with Crippen LogP contribution in [0.5, 0.6) is 0 Å². The number of hydrogen-bond acceptors (Lipinski definition) is 4. The molecule has 1 N–H and O–H groups in total. The van der Waals surface area contributed by atoms with E-state index < -0.39 is 0 Å². The van der Waals surface area contributed by atoms with E-state index in [4.69, 9.17) is 0 Å². The second-order valence-electron chi connectivity index (χ2n) is 5.83. The first kappa shape index (κ1) is 14.6. The Morgan fingerprint density at radius 1 is 1.35 bits per heavy atom. The second-order valence-corrected chi connectivity index (χ2v) is 6.61. The highest BCUT2D eigenvalue weighted by molar-refractivity contribution is 7.05. The fourth-order valence-electron chi connectivity index (χ4n) is 1.78. The van der Waals surface area contributed by atoms with Gasteiger partial charge in [-0.05, 0) is 49.7 Å². The summed E-state index contributed by atoms with van der Waals surface area (Å²) in [4.78, 5) is 1.31. The summed E-state index contributed by atoms with van der Waals surface area (Å²) in [6, 6.07) is 0.425. The van der Waals surface area contributed by atoms with Crippen LogP contribution in [0, 0.1) is 12.3 Å². The van der Waals surface area contributed by atoms with Gasteiger partial charge in [0, 0.05) is 6.04 Å². The van der Waals surface area contributed by atoms with Crippen molar-refractivity contribution in [2.24, 2.45) is 5.41 Å². The topological polar surface area (TPSA) is 37.8 Å². The summed E-state index contributed by atoms with van der Waals surface area (Å²) in [6.45, 7) is 12.2. The first-order valence-electron chi connectivity index (χ1n) is 6.46. The molecule has 0 bridgehead atoms. The van der Waals surface area contributed by atoms with Crippen LogP contribution in [-0.2, 0) is 0 Å². The Hall–Kier alpha value is -0.480. The summed E-state index contributed by atoms with van der Waals surface area (Å²) in [7, 11) is 0. The highest BCUT2D eigenvalue weighted by atomic mass is 32.1. The van der Waals surface area contributed by atoms with E-state index in [9.17, 15) is 0 Å². The number of nitrogens with zero attached hydrogens (tertiary/aromatic N) is 2. The molecule has 1 rings (SSSR count). The predicted molar refractivity (Wildman–Crippen MR) is 74.4 cm³/mol. The maximum atomic E-state index is 4.12. The third-order valence-electron chi connectivity index (χ3n) is 2.83. The molecule has 98 valence electrons. The Bertz CT molecular complexity index is 328. The average Bonchev–Trinajstić information content (AvgIpc) is 2.63. The van der Waals surface area contributed by atoms with Crippen molar-refractivity contribution < 1.29 is 0 Å². The van der Waals surface area contributed by atoms with E-state index in [0.29, 0.717) is 11.5 Å². The molecule has 3 nitrogen and oxygen atoms in total. The smallest absolute Gasteiger partial charge is 0.0772 e. The highest BCUT2D eigenvalue weighted by Crippen LogP contribution is 2.29. The Kier molecular flexibility index (Phi) is 5.53. The molecule has 0 spiro atoms. The number of nitrogens with one attached hydrogen (secondary N) is 1. The van der Waals surface area contributed by atoms with Gasteiger partial charge >= 0.3 is 0 Å². The SMILES string of the molecule is CCCNC(CCC(C)(C)C)c1snnc1C. The fourth-order valence-corrected chi connectivity index (χ4v) is 2.53. The van der Waals surface area contributed by atoms with Gasteiger partial charge in [0.05, 0.1) is 10.6 Å². The lowest BCUT2D eigenvalue weighted by molar-refractivity contribution is 0.333.